The molecular formula is C15H19ClO3. The van der Waals surface area contributed by atoms with E-state index in [2.05, 4.69) is 13.8 Å². The molecule has 0 saturated carbocycles. The first-order chi connectivity index (χ1) is 9.06. The van der Waals surface area contributed by atoms with E-state index in [1.165, 1.54) is 0 Å². The molecule has 104 valence electrons. The molecule has 19 heavy (non-hydrogen) atoms. The molecule has 1 unspecified atom stereocenters. The van der Waals surface area contributed by atoms with Crippen LogP contribution in [0, 0.1) is 5.92 Å². The molecule has 1 N–H and O–H groups in total. The standard InChI is InChI=1S/C15H19ClO3/c1-10(2)3-5-12(17)6-4-11-7-14-15(8-13(11)16)19-9-18-14/h4,6-8,10,12,17H,3,5,9H2,1-2H3. The average molecular weight is 283 g/mol. The monoisotopic (exact) mass is 282 g/mol. The van der Waals surface area contributed by atoms with Crippen molar-refractivity contribution in [3.63, 3.8) is 0 Å². The molecule has 2 rings (SSSR count). The lowest BCUT2D eigenvalue weighted by molar-refractivity contribution is 0.174. The van der Waals surface area contributed by atoms with Gasteiger partial charge in [0.25, 0.3) is 0 Å². The Labute approximate surface area is 118 Å². The van der Waals surface area contributed by atoms with Crippen LogP contribution in [0.5, 0.6) is 11.5 Å². The van der Waals surface area contributed by atoms with Gasteiger partial charge in [0.15, 0.2) is 11.5 Å². The summed E-state index contributed by atoms with van der Waals surface area (Å²) < 4.78 is 10.5. The number of hydrogen-bond donors (Lipinski definition) is 1. The molecule has 0 saturated heterocycles. The number of aliphatic hydroxyl groups excluding tert-OH is 1. The maximum Gasteiger partial charge on any atom is 0.231 e. The van der Waals surface area contributed by atoms with Crippen LogP contribution < -0.4 is 9.47 Å². The first-order valence-corrected chi connectivity index (χ1v) is 6.89. The lowest BCUT2D eigenvalue weighted by Gasteiger charge is -2.08. The van der Waals surface area contributed by atoms with E-state index in [0.717, 1.165) is 18.4 Å². The molecule has 1 aromatic carbocycles. The number of hydrogen-bond acceptors (Lipinski definition) is 3. The first-order valence-electron chi connectivity index (χ1n) is 6.51. The minimum atomic E-state index is -0.441. The zero-order valence-corrected chi connectivity index (χ0v) is 12.0. The topological polar surface area (TPSA) is 38.7 Å². The van der Waals surface area contributed by atoms with Gasteiger partial charge in [-0.2, -0.15) is 0 Å². The van der Waals surface area contributed by atoms with Gasteiger partial charge in [-0.05, 0) is 30.4 Å². The third-order valence-electron chi connectivity index (χ3n) is 3.03. The van der Waals surface area contributed by atoms with Gasteiger partial charge in [0.1, 0.15) is 0 Å². The lowest BCUT2D eigenvalue weighted by atomic mass is 10.0. The first kappa shape index (κ1) is 14.2. The Morgan fingerprint density at radius 3 is 2.63 bits per heavy atom. The zero-order chi connectivity index (χ0) is 13.8. The van der Waals surface area contributed by atoms with Crippen molar-refractivity contribution in [2.45, 2.75) is 32.8 Å². The minimum Gasteiger partial charge on any atom is -0.454 e. The van der Waals surface area contributed by atoms with Crippen LogP contribution in [-0.4, -0.2) is 18.0 Å². The van der Waals surface area contributed by atoms with Crippen molar-refractivity contribution in [1.29, 1.82) is 0 Å². The number of ether oxygens (including phenoxy) is 2. The summed E-state index contributed by atoms with van der Waals surface area (Å²) in [6.07, 6.45) is 4.92. The Balaban J connectivity index is 2.02. The van der Waals surface area contributed by atoms with E-state index < -0.39 is 6.10 Å². The third kappa shape index (κ3) is 3.88. The fraction of sp³-hybridized carbons (Fsp3) is 0.467. The zero-order valence-electron chi connectivity index (χ0n) is 11.2. The van der Waals surface area contributed by atoms with E-state index in [-0.39, 0.29) is 6.79 Å². The van der Waals surface area contributed by atoms with Crippen LogP contribution >= 0.6 is 11.6 Å². The molecule has 0 aromatic heterocycles. The van der Waals surface area contributed by atoms with Crippen LogP contribution in [0.4, 0.5) is 0 Å². The number of rotatable bonds is 5. The molecule has 1 atom stereocenters. The van der Waals surface area contributed by atoms with Crippen LogP contribution in [-0.2, 0) is 0 Å². The van der Waals surface area contributed by atoms with E-state index in [0.29, 0.717) is 22.4 Å². The molecular weight excluding hydrogens is 264 g/mol. The molecule has 3 nitrogen and oxygen atoms in total. The Kier molecular flexibility index (Phi) is 4.72. The Hall–Kier alpha value is -1.19. The lowest BCUT2D eigenvalue weighted by Crippen LogP contribution is -2.03. The molecule has 0 aliphatic carbocycles. The normalized spacial score (nSPS) is 15.4. The Morgan fingerprint density at radius 2 is 1.95 bits per heavy atom. The highest BCUT2D eigenvalue weighted by Crippen LogP contribution is 2.37. The third-order valence-corrected chi connectivity index (χ3v) is 3.36. The van der Waals surface area contributed by atoms with Crippen LogP contribution in [0.3, 0.4) is 0 Å². The highest BCUT2D eigenvalue weighted by atomic mass is 35.5. The molecule has 1 aliphatic heterocycles. The summed E-state index contributed by atoms with van der Waals surface area (Å²) in [6, 6.07) is 3.57. The molecule has 0 amide bonds. The fourth-order valence-electron chi connectivity index (χ4n) is 1.88. The van der Waals surface area contributed by atoms with Gasteiger partial charge in [-0.1, -0.05) is 37.6 Å². The van der Waals surface area contributed by atoms with E-state index in [4.69, 9.17) is 21.1 Å². The van der Waals surface area contributed by atoms with Crippen molar-refractivity contribution in [2.24, 2.45) is 5.92 Å². The van der Waals surface area contributed by atoms with Crippen molar-refractivity contribution < 1.29 is 14.6 Å². The van der Waals surface area contributed by atoms with Gasteiger partial charge < -0.3 is 14.6 Å². The van der Waals surface area contributed by atoms with Crippen LogP contribution in [0.1, 0.15) is 32.3 Å². The van der Waals surface area contributed by atoms with Gasteiger partial charge in [0, 0.05) is 6.07 Å². The summed E-state index contributed by atoms with van der Waals surface area (Å²) in [6.45, 7) is 4.52. The molecule has 0 spiro atoms. The number of aliphatic hydroxyl groups is 1. The SMILES string of the molecule is CC(C)CCC(O)C=Cc1cc2c(cc1Cl)OCO2. The average Bonchev–Trinajstić information content (AvgIpc) is 2.80. The second-order valence-corrected chi connectivity index (χ2v) is 5.53. The minimum absolute atomic E-state index is 0.232. The van der Waals surface area contributed by atoms with E-state index in [1.807, 2.05) is 12.1 Å². The van der Waals surface area contributed by atoms with E-state index in [1.54, 1.807) is 12.1 Å². The van der Waals surface area contributed by atoms with Crippen molar-refractivity contribution in [3.05, 3.63) is 28.8 Å². The van der Waals surface area contributed by atoms with Crippen molar-refractivity contribution >= 4 is 17.7 Å². The van der Waals surface area contributed by atoms with Gasteiger partial charge in [-0.3, -0.25) is 0 Å². The number of fused-ring (bicyclic) bond motifs is 1. The summed E-state index contributed by atoms with van der Waals surface area (Å²) in [5.41, 5.74) is 0.828. The van der Waals surface area contributed by atoms with Crippen LogP contribution in [0.15, 0.2) is 18.2 Å². The highest BCUT2D eigenvalue weighted by Gasteiger charge is 2.15. The highest BCUT2D eigenvalue weighted by molar-refractivity contribution is 6.32. The number of benzene rings is 1. The molecule has 1 heterocycles. The molecule has 0 bridgehead atoms. The van der Waals surface area contributed by atoms with Crippen molar-refractivity contribution in [1.82, 2.24) is 0 Å². The summed E-state index contributed by atoms with van der Waals surface area (Å²) in [4.78, 5) is 0. The maximum atomic E-state index is 9.86. The van der Waals surface area contributed by atoms with E-state index in [9.17, 15) is 5.11 Å². The quantitative estimate of drug-likeness (QED) is 0.891. The van der Waals surface area contributed by atoms with Crippen molar-refractivity contribution in [2.75, 3.05) is 6.79 Å². The van der Waals surface area contributed by atoms with Crippen molar-refractivity contribution in [3.8, 4) is 11.5 Å². The Bertz CT molecular complexity index is 469. The summed E-state index contributed by atoms with van der Waals surface area (Å²) in [5.74, 6) is 1.96. The van der Waals surface area contributed by atoms with Crippen LogP contribution in [0.2, 0.25) is 5.02 Å². The largest absolute Gasteiger partial charge is 0.454 e. The van der Waals surface area contributed by atoms with Gasteiger partial charge in [-0.25, -0.2) is 0 Å². The van der Waals surface area contributed by atoms with Gasteiger partial charge in [0.05, 0.1) is 11.1 Å². The predicted octanol–water partition coefficient (Wildman–Crippen LogP) is 3.88. The summed E-state index contributed by atoms with van der Waals surface area (Å²) in [7, 11) is 0. The van der Waals surface area contributed by atoms with E-state index >= 15 is 0 Å². The molecule has 0 radical (unpaired) electrons. The molecule has 1 aliphatic rings. The van der Waals surface area contributed by atoms with Gasteiger partial charge in [-0.15, -0.1) is 0 Å². The summed E-state index contributed by atoms with van der Waals surface area (Å²) in [5, 5.41) is 10.5. The fourth-order valence-corrected chi connectivity index (χ4v) is 2.09. The molecule has 0 fully saturated rings. The van der Waals surface area contributed by atoms with Crippen LogP contribution in [0.25, 0.3) is 6.08 Å². The van der Waals surface area contributed by atoms with Gasteiger partial charge >= 0.3 is 0 Å². The Morgan fingerprint density at radius 1 is 1.26 bits per heavy atom. The second kappa shape index (κ2) is 6.31. The predicted molar refractivity (Wildman–Crippen MR) is 76.7 cm³/mol. The molecule has 4 heteroatoms. The number of halogens is 1. The summed E-state index contributed by atoms with van der Waals surface area (Å²) >= 11 is 6.15. The van der Waals surface area contributed by atoms with Gasteiger partial charge in [0.2, 0.25) is 6.79 Å². The second-order valence-electron chi connectivity index (χ2n) is 5.12. The molecule has 1 aromatic rings. The maximum absolute atomic E-state index is 9.86. The smallest absolute Gasteiger partial charge is 0.231 e.